The number of thiocarbonyl (C=S) groups is 1. The van der Waals surface area contributed by atoms with Gasteiger partial charge in [-0.1, -0.05) is 0 Å². The Kier molecular flexibility index (Phi) is 4.80. The molecule has 0 aliphatic carbocycles. The summed E-state index contributed by atoms with van der Waals surface area (Å²) in [5.74, 6) is -0.00173. The molecule has 0 heterocycles. The maximum Gasteiger partial charge on any atom is 0.269 e. The third-order valence-corrected chi connectivity index (χ3v) is 3.09. The highest BCUT2D eigenvalue weighted by molar-refractivity contribution is 7.80. The first-order valence-corrected chi connectivity index (χ1v) is 6.80. The van der Waals surface area contributed by atoms with E-state index < -0.39 is 4.92 Å². The Balaban J connectivity index is 1.97. The molecule has 0 spiro atoms. The summed E-state index contributed by atoms with van der Waals surface area (Å²) in [5.41, 5.74) is 2.02. The molecular weight excluding hydrogens is 302 g/mol. The van der Waals surface area contributed by atoms with Gasteiger partial charge in [0.05, 0.1) is 4.92 Å². The van der Waals surface area contributed by atoms with Crippen LogP contribution in [0.25, 0.3) is 0 Å². The van der Waals surface area contributed by atoms with Crippen molar-refractivity contribution in [2.24, 2.45) is 0 Å². The van der Waals surface area contributed by atoms with E-state index in [0.717, 1.165) is 5.69 Å². The molecule has 0 fully saturated rings. The maximum absolute atomic E-state index is 11.2. The Morgan fingerprint density at radius 1 is 1.00 bits per heavy atom. The molecule has 0 amide bonds. The Hall–Kier alpha value is -2.80. The molecule has 0 bridgehead atoms. The first-order valence-electron chi connectivity index (χ1n) is 6.39. The number of carbonyl (C=O) groups excluding carboxylic acids is 1. The molecule has 7 heteroatoms. The second kappa shape index (κ2) is 6.77. The summed E-state index contributed by atoms with van der Waals surface area (Å²) < 4.78 is 0. The van der Waals surface area contributed by atoms with E-state index in [4.69, 9.17) is 12.2 Å². The van der Waals surface area contributed by atoms with E-state index in [1.165, 1.54) is 19.1 Å². The van der Waals surface area contributed by atoms with Gasteiger partial charge in [-0.25, -0.2) is 0 Å². The lowest BCUT2D eigenvalue weighted by atomic mass is 10.1. The smallest absolute Gasteiger partial charge is 0.269 e. The van der Waals surface area contributed by atoms with Gasteiger partial charge in [-0.15, -0.1) is 0 Å². The predicted molar refractivity (Wildman–Crippen MR) is 89.4 cm³/mol. The van der Waals surface area contributed by atoms with Crippen molar-refractivity contribution in [1.29, 1.82) is 0 Å². The number of rotatable bonds is 4. The van der Waals surface area contributed by atoms with Crippen LogP contribution in [0, 0.1) is 10.1 Å². The van der Waals surface area contributed by atoms with E-state index >= 15 is 0 Å². The Bertz CT molecular complexity index is 650. The number of hydrogen-bond acceptors (Lipinski definition) is 4. The molecule has 0 saturated carbocycles. The van der Waals surface area contributed by atoms with Gasteiger partial charge in [0.15, 0.2) is 10.9 Å². The summed E-state index contributed by atoms with van der Waals surface area (Å²) >= 11 is 5.16. The molecule has 0 atom stereocenters. The lowest BCUT2D eigenvalue weighted by Crippen LogP contribution is -2.19. The van der Waals surface area contributed by atoms with Crippen molar-refractivity contribution < 1.29 is 9.72 Å². The summed E-state index contributed by atoms with van der Waals surface area (Å²) in [7, 11) is 0. The summed E-state index contributed by atoms with van der Waals surface area (Å²) in [5, 5.41) is 16.8. The summed E-state index contributed by atoms with van der Waals surface area (Å²) in [6.45, 7) is 1.50. The molecule has 2 rings (SSSR count). The number of hydrogen-bond donors (Lipinski definition) is 2. The van der Waals surface area contributed by atoms with E-state index in [2.05, 4.69) is 10.6 Å². The minimum absolute atomic E-state index is 0.00173. The molecule has 2 aromatic rings. The molecule has 0 aliphatic rings. The number of ketones is 1. The average molecular weight is 315 g/mol. The number of non-ortho nitro benzene ring substituents is 1. The van der Waals surface area contributed by atoms with Crippen molar-refractivity contribution in [3.63, 3.8) is 0 Å². The van der Waals surface area contributed by atoms with Crippen LogP contribution in [0.4, 0.5) is 17.1 Å². The van der Waals surface area contributed by atoms with E-state index in [9.17, 15) is 14.9 Å². The molecule has 22 heavy (non-hydrogen) atoms. The van der Waals surface area contributed by atoms with Crippen LogP contribution in [0.2, 0.25) is 0 Å². The van der Waals surface area contributed by atoms with Crippen LogP contribution in [0.1, 0.15) is 17.3 Å². The van der Waals surface area contributed by atoms with Gasteiger partial charge in [0, 0.05) is 29.1 Å². The molecule has 2 aromatic carbocycles. The van der Waals surface area contributed by atoms with Gasteiger partial charge >= 0.3 is 0 Å². The topological polar surface area (TPSA) is 84.3 Å². The van der Waals surface area contributed by atoms with Crippen LogP contribution in [-0.2, 0) is 0 Å². The first kappa shape index (κ1) is 15.6. The molecule has 0 saturated heterocycles. The van der Waals surface area contributed by atoms with E-state index in [1.807, 2.05) is 0 Å². The highest BCUT2D eigenvalue weighted by atomic mass is 32.1. The highest BCUT2D eigenvalue weighted by Crippen LogP contribution is 2.16. The van der Waals surface area contributed by atoms with Crippen LogP contribution in [0.15, 0.2) is 48.5 Å². The monoisotopic (exact) mass is 315 g/mol. The molecule has 0 unspecified atom stereocenters. The van der Waals surface area contributed by atoms with E-state index in [0.29, 0.717) is 16.4 Å². The molecular formula is C15H13N3O3S. The van der Waals surface area contributed by atoms with Crippen molar-refractivity contribution in [2.75, 3.05) is 10.6 Å². The van der Waals surface area contributed by atoms with Crippen LogP contribution in [-0.4, -0.2) is 15.8 Å². The maximum atomic E-state index is 11.2. The zero-order chi connectivity index (χ0) is 16.1. The van der Waals surface area contributed by atoms with E-state index in [-0.39, 0.29) is 11.5 Å². The summed E-state index contributed by atoms with van der Waals surface area (Å²) in [6, 6.07) is 12.9. The van der Waals surface area contributed by atoms with Gasteiger partial charge in [0.1, 0.15) is 0 Å². The molecule has 0 radical (unpaired) electrons. The van der Waals surface area contributed by atoms with Gasteiger partial charge in [-0.05, 0) is 55.5 Å². The normalized spacial score (nSPS) is 9.86. The van der Waals surface area contributed by atoms with Crippen LogP contribution >= 0.6 is 12.2 Å². The molecule has 112 valence electrons. The van der Waals surface area contributed by atoms with Gasteiger partial charge in [0.2, 0.25) is 0 Å². The molecule has 2 N–H and O–H groups in total. The van der Waals surface area contributed by atoms with Gasteiger partial charge in [-0.2, -0.15) is 0 Å². The number of nitro groups is 1. The Morgan fingerprint density at radius 2 is 1.45 bits per heavy atom. The Morgan fingerprint density at radius 3 is 1.86 bits per heavy atom. The number of nitrogens with one attached hydrogen (secondary N) is 2. The number of nitro benzene ring substituents is 1. The minimum atomic E-state index is -0.461. The minimum Gasteiger partial charge on any atom is -0.332 e. The Labute approximate surface area is 132 Å². The number of anilines is 2. The SMILES string of the molecule is CC(=O)c1ccc(NC(=S)Nc2ccc([N+](=O)[O-])cc2)cc1. The second-order valence-corrected chi connectivity index (χ2v) is 4.92. The van der Waals surface area contributed by atoms with Gasteiger partial charge < -0.3 is 10.6 Å². The number of benzene rings is 2. The number of nitrogens with zero attached hydrogens (tertiary/aromatic N) is 1. The molecule has 0 aromatic heterocycles. The largest absolute Gasteiger partial charge is 0.332 e. The fourth-order valence-corrected chi connectivity index (χ4v) is 1.98. The van der Waals surface area contributed by atoms with Crippen molar-refractivity contribution in [1.82, 2.24) is 0 Å². The van der Waals surface area contributed by atoms with Crippen LogP contribution < -0.4 is 10.6 Å². The third-order valence-electron chi connectivity index (χ3n) is 2.89. The van der Waals surface area contributed by atoms with Crippen LogP contribution in [0.3, 0.4) is 0 Å². The van der Waals surface area contributed by atoms with Crippen molar-refractivity contribution in [3.05, 3.63) is 64.2 Å². The highest BCUT2D eigenvalue weighted by Gasteiger charge is 2.05. The standard InChI is InChI=1S/C15H13N3O3S/c1-10(19)11-2-4-12(5-3-11)16-15(22)17-13-6-8-14(9-7-13)18(20)21/h2-9H,1H3,(H2,16,17,22). The molecule has 0 aliphatic heterocycles. The average Bonchev–Trinajstić information content (AvgIpc) is 2.48. The second-order valence-electron chi connectivity index (χ2n) is 4.52. The summed E-state index contributed by atoms with van der Waals surface area (Å²) in [6.07, 6.45) is 0. The predicted octanol–water partition coefficient (Wildman–Crippen LogP) is 3.61. The molecule has 6 nitrogen and oxygen atoms in total. The zero-order valence-corrected chi connectivity index (χ0v) is 12.5. The third kappa shape index (κ3) is 4.10. The lowest BCUT2D eigenvalue weighted by Gasteiger charge is -2.10. The quantitative estimate of drug-likeness (QED) is 0.388. The number of carbonyl (C=O) groups is 1. The van der Waals surface area contributed by atoms with Crippen molar-refractivity contribution in [3.8, 4) is 0 Å². The lowest BCUT2D eigenvalue weighted by molar-refractivity contribution is -0.384. The fraction of sp³-hybridized carbons (Fsp3) is 0.0667. The van der Waals surface area contributed by atoms with E-state index in [1.54, 1.807) is 36.4 Å². The zero-order valence-electron chi connectivity index (χ0n) is 11.7. The van der Waals surface area contributed by atoms with Crippen molar-refractivity contribution in [2.45, 2.75) is 6.92 Å². The van der Waals surface area contributed by atoms with Gasteiger partial charge in [0.25, 0.3) is 5.69 Å². The summed E-state index contributed by atoms with van der Waals surface area (Å²) in [4.78, 5) is 21.3. The van der Waals surface area contributed by atoms with Gasteiger partial charge in [-0.3, -0.25) is 14.9 Å². The fourth-order valence-electron chi connectivity index (χ4n) is 1.75. The van der Waals surface area contributed by atoms with Crippen LogP contribution in [0.5, 0.6) is 0 Å². The van der Waals surface area contributed by atoms with Crippen molar-refractivity contribution >= 4 is 40.2 Å². The number of Topliss-reactive ketones (excluding diaryl/α,β-unsaturated/α-hetero) is 1. The first-order chi connectivity index (χ1) is 10.5.